The number of carbonyl (C=O) groups is 1. The molecule has 0 unspecified atom stereocenters. The Bertz CT molecular complexity index is 703. The van der Waals surface area contributed by atoms with E-state index in [9.17, 15) is 28.4 Å². The molecule has 1 aliphatic rings. The van der Waals surface area contributed by atoms with Gasteiger partial charge in [-0.25, -0.2) is 8.42 Å². The Labute approximate surface area is 126 Å². The quantitative estimate of drug-likeness (QED) is 0.593. The van der Waals surface area contributed by atoms with Gasteiger partial charge in [-0.05, 0) is 18.9 Å². The van der Waals surface area contributed by atoms with Gasteiger partial charge in [0, 0.05) is 12.6 Å². The number of carboxylic acids is 1. The molecule has 2 N–H and O–H groups in total. The lowest BCUT2D eigenvalue weighted by Crippen LogP contribution is -2.52. The van der Waals surface area contributed by atoms with E-state index in [0.29, 0.717) is 4.31 Å². The second-order valence-corrected chi connectivity index (χ2v) is 6.74. The van der Waals surface area contributed by atoms with E-state index in [4.69, 9.17) is 5.11 Å². The molecule has 1 aromatic rings. The second kappa shape index (κ2) is 5.99. The molecule has 1 aliphatic heterocycles. The highest BCUT2D eigenvalue weighted by atomic mass is 32.2. The molecule has 0 aliphatic carbocycles. The van der Waals surface area contributed by atoms with Gasteiger partial charge in [0.05, 0.1) is 11.0 Å². The van der Waals surface area contributed by atoms with E-state index in [-0.39, 0.29) is 12.8 Å². The van der Waals surface area contributed by atoms with Crippen LogP contribution in [-0.4, -0.2) is 52.5 Å². The van der Waals surface area contributed by atoms with Crippen LogP contribution in [0.4, 0.5) is 5.69 Å². The van der Waals surface area contributed by atoms with Crippen molar-refractivity contribution in [3.63, 3.8) is 0 Å². The van der Waals surface area contributed by atoms with Crippen molar-refractivity contribution in [2.75, 3.05) is 6.54 Å². The molecule has 22 heavy (non-hydrogen) atoms. The fourth-order valence-corrected chi connectivity index (χ4v) is 4.19. The van der Waals surface area contributed by atoms with Gasteiger partial charge in [-0.1, -0.05) is 12.1 Å². The highest BCUT2D eigenvalue weighted by Crippen LogP contribution is 2.30. The van der Waals surface area contributed by atoms with Gasteiger partial charge in [0.25, 0.3) is 15.7 Å². The second-order valence-electron chi connectivity index (χ2n) is 4.88. The van der Waals surface area contributed by atoms with Crippen molar-refractivity contribution in [3.05, 3.63) is 34.4 Å². The largest absolute Gasteiger partial charge is 0.480 e. The number of sulfonamides is 1. The minimum absolute atomic E-state index is 0.0592. The van der Waals surface area contributed by atoms with Crippen molar-refractivity contribution in [1.82, 2.24) is 4.31 Å². The Kier molecular flexibility index (Phi) is 4.44. The molecule has 1 aromatic carbocycles. The Morgan fingerprint density at radius 1 is 1.32 bits per heavy atom. The number of para-hydroxylation sites is 1. The van der Waals surface area contributed by atoms with E-state index in [0.717, 1.165) is 12.1 Å². The molecule has 1 heterocycles. The average Bonchev–Trinajstić information content (AvgIpc) is 2.46. The van der Waals surface area contributed by atoms with Gasteiger partial charge in [0.2, 0.25) is 0 Å². The maximum atomic E-state index is 12.6. The number of nitro benzene ring substituents is 1. The first-order chi connectivity index (χ1) is 10.2. The first kappa shape index (κ1) is 16.3. The SMILES string of the molecule is O=C(O)[C@@H]1CC[C@H](O)CN1S(=O)(=O)c1ccccc1[N+](=O)[O-]. The number of hydrogen-bond acceptors (Lipinski definition) is 6. The molecule has 0 aromatic heterocycles. The summed E-state index contributed by atoms with van der Waals surface area (Å²) in [6, 6.07) is 3.36. The van der Waals surface area contributed by atoms with E-state index in [2.05, 4.69) is 0 Å². The number of nitrogens with zero attached hydrogens (tertiary/aromatic N) is 2. The number of benzene rings is 1. The number of aliphatic hydroxyl groups is 1. The standard InChI is InChI=1S/C12H14N2O7S/c15-8-5-6-10(12(16)17)13(7-8)22(20,21)11-4-2-1-3-9(11)14(18)19/h1-4,8,10,15H,5-7H2,(H,16,17)/t8-,10-/m0/s1. The predicted molar refractivity (Wildman–Crippen MR) is 73.7 cm³/mol. The van der Waals surface area contributed by atoms with Crippen LogP contribution in [0.5, 0.6) is 0 Å². The predicted octanol–water partition coefficient (Wildman–Crippen LogP) is 0.193. The van der Waals surface area contributed by atoms with Crippen LogP contribution in [0.2, 0.25) is 0 Å². The first-order valence-corrected chi connectivity index (χ1v) is 7.85. The van der Waals surface area contributed by atoms with Crippen molar-refractivity contribution in [2.24, 2.45) is 0 Å². The van der Waals surface area contributed by atoms with Gasteiger partial charge in [0.1, 0.15) is 6.04 Å². The summed E-state index contributed by atoms with van der Waals surface area (Å²) in [6.45, 7) is -0.411. The maximum Gasteiger partial charge on any atom is 0.322 e. The highest BCUT2D eigenvalue weighted by molar-refractivity contribution is 7.89. The molecule has 0 bridgehead atoms. The normalized spacial score (nSPS) is 23.1. The minimum Gasteiger partial charge on any atom is -0.480 e. The van der Waals surface area contributed by atoms with Gasteiger partial charge in [-0.3, -0.25) is 14.9 Å². The van der Waals surface area contributed by atoms with Crippen LogP contribution < -0.4 is 0 Å². The molecular formula is C12H14N2O7S. The molecule has 10 heteroatoms. The van der Waals surface area contributed by atoms with Gasteiger partial charge >= 0.3 is 5.97 Å². The number of nitro groups is 1. The number of aliphatic hydroxyl groups excluding tert-OH is 1. The van der Waals surface area contributed by atoms with E-state index >= 15 is 0 Å². The number of β-amino-alcohol motifs (C(OH)–C–C–N with tert-alkyl or cyclic N) is 1. The number of hydrogen-bond donors (Lipinski definition) is 2. The van der Waals surface area contributed by atoms with Crippen LogP contribution in [0.3, 0.4) is 0 Å². The summed E-state index contributed by atoms with van der Waals surface area (Å²) in [4.78, 5) is 20.8. The summed E-state index contributed by atoms with van der Waals surface area (Å²) < 4.78 is 25.9. The molecule has 120 valence electrons. The molecule has 0 spiro atoms. The van der Waals surface area contributed by atoms with Crippen LogP contribution in [-0.2, 0) is 14.8 Å². The summed E-state index contributed by atoms with van der Waals surface area (Å²) in [5.41, 5.74) is -0.633. The van der Waals surface area contributed by atoms with Gasteiger partial charge in [-0.2, -0.15) is 4.31 Å². The molecular weight excluding hydrogens is 316 g/mol. The summed E-state index contributed by atoms with van der Waals surface area (Å²) in [5, 5.41) is 29.8. The van der Waals surface area contributed by atoms with Crippen LogP contribution in [0, 0.1) is 10.1 Å². The molecule has 9 nitrogen and oxygen atoms in total. The molecule has 1 fully saturated rings. The number of rotatable bonds is 4. The third-order valence-corrected chi connectivity index (χ3v) is 5.37. The Hall–Kier alpha value is -2.04. The summed E-state index contributed by atoms with van der Waals surface area (Å²) in [7, 11) is -4.41. The zero-order valence-corrected chi connectivity index (χ0v) is 12.1. The third-order valence-electron chi connectivity index (χ3n) is 3.45. The fourth-order valence-electron chi connectivity index (χ4n) is 2.39. The molecule has 0 radical (unpaired) electrons. The maximum absolute atomic E-state index is 12.6. The van der Waals surface area contributed by atoms with E-state index in [1.165, 1.54) is 12.1 Å². The zero-order valence-electron chi connectivity index (χ0n) is 11.3. The minimum atomic E-state index is -4.41. The lowest BCUT2D eigenvalue weighted by atomic mass is 10.0. The topological polar surface area (TPSA) is 138 Å². The van der Waals surface area contributed by atoms with Crippen LogP contribution in [0.15, 0.2) is 29.2 Å². The smallest absolute Gasteiger partial charge is 0.322 e. The van der Waals surface area contributed by atoms with Crippen molar-refractivity contribution < 1.29 is 28.3 Å². The van der Waals surface area contributed by atoms with Crippen molar-refractivity contribution >= 4 is 21.7 Å². The van der Waals surface area contributed by atoms with Crippen molar-refractivity contribution in [3.8, 4) is 0 Å². The van der Waals surface area contributed by atoms with E-state index < -0.39 is 50.2 Å². The number of carboxylic acid groups (broad SMARTS) is 1. The van der Waals surface area contributed by atoms with Gasteiger partial charge in [0.15, 0.2) is 4.90 Å². The first-order valence-electron chi connectivity index (χ1n) is 6.41. The fraction of sp³-hybridized carbons (Fsp3) is 0.417. The zero-order chi connectivity index (χ0) is 16.5. The Morgan fingerprint density at radius 3 is 2.55 bits per heavy atom. The lowest BCUT2D eigenvalue weighted by molar-refractivity contribution is -0.387. The molecule has 0 saturated carbocycles. The number of aliphatic carboxylic acids is 1. The summed E-state index contributed by atoms with van der Waals surface area (Å²) in [6.07, 6.45) is -0.913. The lowest BCUT2D eigenvalue weighted by Gasteiger charge is -2.34. The third kappa shape index (κ3) is 2.93. The molecule has 1 saturated heterocycles. The van der Waals surface area contributed by atoms with E-state index in [1.54, 1.807) is 0 Å². The molecule has 2 rings (SSSR count). The van der Waals surface area contributed by atoms with E-state index in [1.807, 2.05) is 0 Å². The Morgan fingerprint density at radius 2 is 1.95 bits per heavy atom. The van der Waals surface area contributed by atoms with Crippen LogP contribution in [0.1, 0.15) is 12.8 Å². The van der Waals surface area contributed by atoms with Gasteiger partial charge < -0.3 is 10.2 Å². The number of piperidine rings is 1. The Balaban J connectivity index is 2.53. The molecule has 0 amide bonds. The summed E-state index contributed by atoms with van der Waals surface area (Å²) in [5.74, 6) is -1.35. The molecule has 2 atom stereocenters. The van der Waals surface area contributed by atoms with Crippen molar-refractivity contribution in [1.29, 1.82) is 0 Å². The van der Waals surface area contributed by atoms with Crippen LogP contribution in [0.25, 0.3) is 0 Å². The monoisotopic (exact) mass is 330 g/mol. The van der Waals surface area contributed by atoms with Crippen LogP contribution >= 0.6 is 0 Å². The summed E-state index contributed by atoms with van der Waals surface area (Å²) >= 11 is 0. The van der Waals surface area contributed by atoms with Gasteiger partial charge in [-0.15, -0.1) is 0 Å². The average molecular weight is 330 g/mol. The highest BCUT2D eigenvalue weighted by Gasteiger charge is 2.42. The van der Waals surface area contributed by atoms with Crippen molar-refractivity contribution in [2.45, 2.75) is 29.9 Å².